The summed E-state index contributed by atoms with van der Waals surface area (Å²) in [6.45, 7) is 1.62. The molecule has 2 aromatic carbocycles. The molecular formula is C17H14F2N4OS. The van der Waals surface area contributed by atoms with E-state index in [0.29, 0.717) is 11.4 Å². The number of nitrogens with zero attached hydrogens (tertiary/aromatic N) is 3. The van der Waals surface area contributed by atoms with Crippen molar-refractivity contribution in [1.29, 1.82) is 0 Å². The summed E-state index contributed by atoms with van der Waals surface area (Å²) in [5.41, 5.74) is 6.09. The van der Waals surface area contributed by atoms with Crippen molar-refractivity contribution >= 4 is 17.7 Å². The van der Waals surface area contributed by atoms with E-state index in [0.717, 1.165) is 23.9 Å². The molecule has 0 aliphatic rings. The van der Waals surface area contributed by atoms with Crippen molar-refractivity contribution in [3.63, 3.8) is 0 Å². The van der Waals surface area contributed by atoms with Crippen LogP contribution in [0.25, 0.3) is 17.1 Å². The molecule has 5 nitrogen and oxygen atoms in total. The van der Waals surface area contributed by atoms with Crippen molar-refractivity contribution < 1.29 is 13.6 Å². The van der Waals surface area contributed by atoms with Gasteiger partial charge in [-0.25, -0.2) is 8.78 Å². The minimum absolute atomic E-state index is 0.0874. The average molecular weight is 360 g/mol. The van der Waals surface area contributed by atoms with Crippen LogP contribution in [-0.4, -0.2) is 25.9 Å². The van der Waals surface area contributed by atoms with Gasteiger partial charge in [0.1, 0.15) is 11.6 Å². The molecule has 0 bridgehead atoms. The predicted octanol–water partition coefficient (Wildman–Crippen LogP) is 3.18. The molecule has 2 N–H and O–H groups in total. The molecule has 1 amide bonds. The minimum atomic E-state index is -0.759. The third-order valence-corrected chi connectivity index (χ3v) is 4.56. The molecule has 0 aliphatic carbocycles. The van der Waals surface area contributed by atoms with Gasteiger partial charge in [0.15, 0.2) is 11.0 Å². The molecule has 128 valence electrons. The van der Waals surface area contributed by atoms with Crippen molar-refractivity contribution in [2.75, 3.05) is 0 Å². The highest BCUT2D eigenvalue weighted by Crippen LogP contribution is 2.31. The molecular weight excluding hydrogens is 346 g/mol. The fraction of sp³-hybridized carbons (Fsp3) is 0.118. The summed E-state index contributed by atoms with van der Waals surface area (Å²) in [4.78, 5) is 11.4. The number of halogens is 2. The molecule has 25 heavy (non-hydrogen) atoms. The number of primary amides is 1. The molecule has 0 spiro atoms. The maximum Gasteiger partial charge on any atom is 0.230 e. The van der Waals surface area contributed by atoms with Gasteiger partial charge in [-0.3, -0.25) is 9.36 Å². The molecule has 1 atom stereocenters. The SMILES string of the molecule is C[C@@H](Sc1nnc(-c2ccccc2)n1-c1ccc(F)cc1F)C(N)=O. The zero-order valence-corrected chi connectivity index (χ0v) is 14.0. The maximum atomic E-state index is 14.4. The summed E-state index contributed by atoms with van der Waals surface area (Å²) in [6, 6.07) is 12.3. The highest BCUT2D eigenvalue weighted by molar-refractivity contribution is 8.00. The molecule has 0 fully saturated rings. The van der Waals surface area contributed by atoms with Gasteiger partial charge in [-0.1, -0.05) is 42.1 Å². The van der Waals surface area contributed by atoms with E-state index in [4.69, 9.17) is 5.73 Å². The van der Waals surface area contributed by atoms with Crippen LogP contribution >= 0.6 is 11.8 Å². The zero-order valence-electron chi connectivity index (χ0n) is 13.2. The lowest BCUT2D eigenvalue weighted by Gasteiger charge is -2.12. The highest BCUT2D eigenvalue weighted by atomic mass is 32.2. The number of hydrogen-bond acceptors (Lipinski definition) is 4. The fourth-order valence-corrected chi connectivity index (χ4v) is 3.03. The molecule has 3 aromatic rings. The number of carbonyl (C=O) groups excluding carboxylic acids is 1. The second kappa shape index (κ2) is 7.02. The Morgan fingerprint density at radius 2 is 1.88 bits per heavy atom. The molecule has 0 saturated heterocycles. The normalized spacial score (nSPS) is 12.1. The Labute approximate surface area is 146 Å². The first kappa shape index (κ1) is 17.1. The van der Waals surface area contributed by atoms with Gasteiger partial charge in [-0.2, -0.15) is 0 Å². The van der Waals surface area contributed by atoms with E-state index in [1.807, 2.05) is 18.2 Å². The Bertz CT molecular complexity index is 914. The minimum Gasteiger partial charge on any atom is -0.369 e. The van der Waals surface area contributed by atoms with Crippen LogP contribution < -0.4 is 5.73 Å². The maximum absolute atomic E-state index is 14.4. The first-order valence-electron chi connectivity index (χ1n) is 7.39. The van der Waals surface area contributed by atoms with Crippen LogP contribution in [0.4, 0.5) is 8.78 Å². The quantitative estimate of drug-likeness (QED) is 0.709. The summed E-state index contributed by atoms with van der Waals surface area (Å²) in [7, 11) is 0. The average Bonchev–Trinajstić information content (AvgIpc) is 2.99. The van der Waals surface area contributed by atoms with Crippen molar-refractivity contribution in [3.05, 3.63) is 60.2 Å². The van der Waals surface area contributed by atoms with E-state index >= 15 is 0 Å². The number of benzene rings is 2. The van der Waals surface area contributed by atoms with Gasteiger partial charge in [0.05, 0.1) is 10.9 Å². The van der Waals surface area contributed by atoms with E-state index in [1.165, 1.54) is 10.6 Å². The smallest absolute Gasteiger partial charge is 0.230 e. The van der Waals surface area contributed by atoms with Gasteiger partial charge < -0.3 is 5.73 Å². The first-order chi connectivity index (χ1) is 12.0. The molecule has 0 aliphatic heterocycles. The van der Waals surface area contributed by atoms with Crippen LogP contribution in [0.2, 0.25) is 0 Å². The predicted molar refractivity (Wildman–Crippen MR) is 91.2 cm³/mol. The van der Waals surface area contributed by atoms with Gasteiger partial charge in [0.2, 0.25) is 5.91 Å². The Hall–Kier alpha value is -2.74. The number of carbonyl (C=O) groups is 1. The molecule has 0 unspecified atom stereocenters. The summed E-state index contributed by atoms with van der Waals surface area (Å²) >= 11 is 1.06. The van der Waals surface area contributed by atoms with E-state index in [-0.39, 0.29) is 10.8 Å². The lowest BCUT2D eigenvalue weighted by molar-refractivity contribution is -0.117. The fourth-order valence-electron chi connectivity index (χ4n) is 2.22. The van der Waals surface area contributed by atoms with Gasteiger partial charge in [-0.15, -0.1) is 10.2 Å². The van der Waals surface area contributed by atoms with Gasteiger partial charge in [0.25, 0.3) is 0 Å². The van der Waals surface area contributed by atoms with Crippen LogP contribution in [0.15, 0.2) is 53.7 Å². The lowest BCUT2D eigenvalue weighted by atomic mass is 10.2. The van der Waals surface area contributed by atoms with Crippen molar-refractivity contribution in [2.45, 2.75) is 17.3 Å². The molecule has 3 rings (SSSR count). The zero-order chi connectivity index (χ0) is 18.0. The van der Waals surface area contributed by atoms with Gasteiger partial charge in [-0.05, 0) is 19.1 Å². The summed E-state index contributed by atoms with van der Waals surface area (Å²) in [6.07, 6.45) is 0. The first-order valence-corrected chi connectivity index (χ1v) is 8.27. The Morgan fingerprint density at radius 3 is 2.52 bits per heavy atom. The van der Waals surface area contributed by atoms with E-state index < -0.39 is 22.8 Å². The number of rotatable bonds is 5. The Balaban J connectivity index is 2.17. The standard InChI is InChI=1S/C17H14F2N4OS/c1-10(15(20)24)25-17-22-21-16(11-5-3-2-4-6-11)23(17)14-8-7-12(18)9-13(14)19/h2-10H,1H3,(H2,20,24)/t10-/m1/s1. The van der Waals surface area contributed by atoms with Gasteiger partial charge >= 0.3 is 0 Å². The van der Waals surface area contributed by atoms with Crippen LogP contribution in [-0.2, 0) is 4.79 Å². The second-order valence-corrected chi connectivity index (χ2v) is 6.57. The summed E-state index contributed by atoms with van der Waals surface area (Å²) < 4.78 is 29.1. The van der Waals surface area contributed by atoms with Crippen molar-refractivity contribution in [2.24, 2.45) is 5.73 Å². The molecule has 1 heterocycles. The monoisotopic (exact) mass is 360 g/mol. The van der Waals surface area contributed by atoms with Crippen molar-refractivity contribution in [3.8, 4) is 17.1 Å². The van der Waals surface area contributed by atoms with Crippen molar-refractivity contribution in [1.82, 2.24) is 14.8 Å². The third kappa shape index (κ3) is 3.53. The summed E-state index contributed by atoms with van der Waals surface area (Å²) in [5.74, 6) is -1.59. The van der Waals surface area contributed by atoms with E-state index in [2.05, 4.69) is 10.2 Å². The molecule has 0 radical (unpaired) electrons. The number of thioether (sulfide) groups is 1. The third-order valence-electron chi connectivity index (χ3n) is 3.50. The van der Waals surface area contributed by atoms with E-state index in [9.17, 15) is 13.6 Å². The summed E-state index contributed by atoms with van der Waals surface area (Å²) in [5, 5.41) is 7.88. The largest absolute Gasteiger partial charge is 0.369 e. The van der Waals surface area contributed by atoms with Crippen LogP contribution in [0, 0.1) is 11.6 Å². The topological polar surface area (TPSA) is 73.8 Å². The molecule has 1 aromatic heterocycles. The van der Waals surface area contributed by atoms with Crippen LogP contribution in [0.1, 0.15) is 6.92 Å². The number of hydrogen-bond donors (Lipinski definition) is 1. The van der Waals surface area contributed by atoms with Crippen LogP contribution in [0.5, 0.6) is 0 Å². The Morgan fingerprint density at radius 1 is 1.16 bits per heavy atom. The number of aromatic nitrogens is 3. The number of amides is 1. The van der Waals surface area contributed by atoms with Gasteiger partial charge in [0, 0.05) is 11.6 Å². The lowest BCUT2D eigenvalue weighted by Crippen LogP contribution is -2.23. The second-order valence-electron chi connectivity index (χ2n) is 5.27. The van der Waals surface area contributed by atoms with Crippen LogP contribution in [0.3, 0.4) is 0 Å². The highest BCUT2D eigenvalue weighted by Gasteiger charge is 2.22. The number of nitrogens with two attached hydrogens (primary N) is 1. The Kier molecular flexibility index (Phi) is 4.80. The van der Waals surface area contributed by atoms with E-state index in [1.54, 1.807) is 19.1 Å². The molecule has 0 saturated carbocycles. The molecule has 8 heteroatoms.